The average Bonchev–Trinajstić information content (AvgIpc) is 2.81. The minimum Gasteiger partial charge on any atom is -0.478 e. The van der Waals surface area contributed by atoms with Crippen molar-refractivity contribution < 1.29 is 14.7 Å². The fourth-order valence-corrected chi connectivity index (χ4v) is 4.90. The van der Waals surface area contributed by atoms with Gasteiger partial charge in [0.15, 0.2) is 0 Å². The van der Waals surface area contributed by atoms with E-state index in [0.29, 0.717) is 5.56 Å². The smallest absolute Gasteiger partial charge is 0.335 e. The van der Waals surface area contributed by atoms with Crippen molar-refractivity contribution in [3.8, 4) is 0 Å². The molecule has 0 bridgehead atoms. The Kier molecular flexibility index (Phi) is 6.68. The Balaban J connectivity index is 1.47. The van der Waals surface area contributed by atoms with Crippen LogP contribution in [-0.2, 0) is 4.79 Å². The van der Waals surface area contributed by atoms with E-state index in [9.17, 15) is 9.59 Å². The SMILES string of the molecule is CC1(C=O)CCC(c2ccc(Cl)cc2)=C(CN2CCN(c3ccc(C(=O)O)cc3)CC2)C1. The molecule has 2 aromatic rings. The summed E-state index contributed by atoms with van der Waals surface area (Å²) in [6.07, 6.45) is 3.70. The number of hydrogen-bond acceptors (Lipinski definition) is 4. The lowest BCUT2D eigenvalue weighted by Crippen LogP contribution is -2.47. The van der Waals surface area contributed by atoms with Crippen molar-refractivity contribution >= 4 is 35.1 Å². The quantitative estimate of drug-likeness (QED) is 0.625. The van der Waals surface area contributed by atoms with E-state index in [4.69, 9.17) is 16.7 Å². The number of aromatic carboxylic acids is 1. The molecule has 2 aromatic carbocycles. The predicted octanol–water partition coefficient (Wildman–Crippen LogP) is 5.00. The first kappa shape index (κ1) is 22.6. The molecule has 0 aromatic heterocycles. The van der Waals surface area contributed by atoms with E-state index < -0.39 is 5.97 Å². The van der Waals surface area contributed by atoms with Gasteiger partial charge in [0.25, 0.3) is 0 Å². The van der Waals surface area contributed by atoms with Crippen molar-refractivity contribution in [2.45, 2.75) is 26.2 Å². The summed E-state index contributed by atoms with van der Waals surface area (Å²) in [6.45, 7) is 6.57. The second-order valence-electron chi connectivity index (χ2n) is 9.15. The van der Waals surface area contributed by atoms with E-state index >= 15 is 0 Å². The van der Waals surface area contributed by atoms with Gasteiger partial charge < -0.3 is 14.8 Å². The van der Waals surface area contributed by atoms with Gasteiger partial charge in [-0.25, -0.2) is 4.79 Å². The number of anilines is 1. The van der Waals surface area contributed by atoms with E-state index in [1.165, 1.54) is 16.7 Å². The molecule has 0 radical (unpaired) electrons. The van der Waals surface area contributed by atoms with Gasteiger partial charge in [0.05, 0.1) is 5.56 Å². The average molecular weight is 453 g/mol. The molecule has 1 aliphatic heterocycles. The van der Waals surface area contributed by atoms with Gasteiger partial charge >= 0.3 is 5.97 Å². The number of allylic oxidation sites excluding steroid dienone is 1. The molecule has 4 rings (SSSR count). The molecule has 1 saturated heterocycles. The molecular weight excluding hydrogens is 424 g/mol. The fraction of sp³-hybridized carbons (Fsp3) is 0.385. The molecule has 1 atom stereocenters. The highest BCUT2D eigenvalue weighted by molar-refractivity contribution is 6.30. The van der Waals surface area contributed by atoms with Crippen LogP contribution in [0.25, 0.3) is 5.57 Å². The Morgan fingerprint density at radius 2 is 1.72 bits per heavy atom. The van der Waals surface area contributed by atoms with Crippen molar-refractivity contribution in [1.82, 2.24) is 4.90 Å². The van der Waals surface area contributed by atoms with Crippen LogP contribution in [0.2, 0.25) is 5.02 Å². The lowest BCUT2D eigenvalue weighted by Gasteiger charge is -2.39. The number of aldehydes is 1. The second kappa shape index (κ2) is 9.47. The van der Waals surface area contributed by atoms with Crippen LogP contribution in [-0.4, -0.2) is 55.0 Å². The van der Waals surface area contributed by atoms with Crippen LogP contribution >= 0.6 is 11.6 Å². The first-order valence-corrected chi connectivity index (χ1v) is 11.5. The van der Waals surface area contributed by atoms with Gasteiger partial charge in [0.1, 0.15) is 6.29 Å². The van der Waals surface area contributed by atoms with E-state index in [0.717, 1.165) is 69.0 Å². The van der Waals surface area contributed by atoms with E-state index in [2.05, 4.69) is 28.9 Å². The highest BCUT2D eigenvalue weighted by Gasteiger charge is 2.32. The summed E-state index contributed by atoms with van der Waals surface area (Å²) in [7, 11) is 0. The summed E-state index contributed by atoms with van der Waals surface area (Å²) in [6, 6.07) is 15.1. The highest BCUT2D eigenvalue weighted by atomic mass is 35.5. The molecule has 1 heterocycles. The summed E-state index contributed by atoms with van der Waals surface area (Å²) < 4.78 is 0. The molecule has 168 valence electrons. The number of carbonyl (C=O) groups is 2. The molecule has 0 amide bonds. The molecule has 5 nitrogen and oxygen atoms in total. The standard InChI is InChI=1S/C26H29ClN2O3/c1-26(18-30)11-10-24(19-2-6-22(27)7-3-19)21(16-26)17-28-12-14-29(15-13-28)23-8-4-20(5-9-23)25(31)32/h2-9,18H,10-17H2,1H3,(H,31,32). The number of carbonyl (C=O) groups excluding carboxylic acids is 1. The van der Waals surface area contributed by atoms with Crippen LogP contribution in [0.1, 0.15) is 42.1 Å². The first-order chi connectivity index (χ1) is 15.4. The largest absolute Gasteiger partial charge is 0.478 e. The van der Waals surface area contributed by atoms with Crippen molar-refractivity contribution in [1.29, 1.82) is 0 Å². The fourth-order valence-electron chi connectivity index (χ4n) is 4.77. The van der Waals surface area contributed by atoms with Gasteiger partial charge in [-0.2, -0.15) is 0 Å². The van der Waals surface area contributed by atoms with Crippen LogP contribution in [0, 0.1) is 5.41 Å². The van der Waals surface area contributed by atoms with Crippen molar-refractivity contribution in [3.05, 3.63) is 70.3 Å². The van der Waals surface area contributed by atoms with Gasteiger partial charge in [-0.3, -0.25) is 4.90 Å². The van der Waals surface area contributed by atoms with Crippen molar-refractivity contribution in [2.75, 3.05) is 37.6 Å². The molecule has 0 spiro atoms. The van der Waals surface area contributed by atoms with E-state index in [1.54, 1.807) is 12.1 Å². The third-order valence-corrected chi connectivity index (χ3v) is 6.99. The number of piperazine rings is 1. The third-order valence-electron chi connectivity index (χ3n) is 6.73. The maximum absolute atomic E-state index is 11.8. The Hall–Kier alpha value is -2.63. The van der Waals surface area contributed by atoms with Crippen LogP contribution in [0.3, 0.4) is 0 Å². The molecule has 0 saturated carbocycles. The Labute approximate surface area is 194 Å². The highest BCUT2D eigenvalue weighted by Crippen LogP contribution is 2.42. The molecule has 6 heteroatoms. The molecule has 32 heavy (non-hydrogen) atoms. The maximum atomic E-state index is 11.8. The number of hydrogen-bond donors (Lipinski definition) is 1. The third kappa shape index (κ3) is 5.05. The van der Waals surface area contributed by atoms with Gasteiger partial charge in [0.2, 0.25) is 0 Å². The monoisotopic (exact) mass is 452 g/mol. The lowest BCUT2D eigenvalue weighted by molar-refractivity contribution is -0.115. The summed E-state index contributed by atoms with van der Waals surface area (Å²) in [5.74, 6) is -0.902. The summed E-state index contributed by atoms with van der Waals surface area (Å²) >= 11 is 6.09. The van der Waals surface area contributed by atoms with Gasteiger partial charge in [-0.15, -0.1) is 0 Å². The lowest BCUT2D eigenvalue weighted by atomic mass is 9.72. The summed E-state index contributed by atoms with van der Waals surface area (Å²) in [5, 5.41) is 9.83. The summed E-state index contributed by atoms with van der Waals surface area (Å²) in [4.78, 5) is 27.6. The van der Waals surface area contributed by atoms with Crippen LogP contribution in [0.5, 0.6) is 0 Å². The first-order valence-electron chi connectivity index (χ1n) is 11.1. The molecule has 1 fully saturated rings. The summed E-state index contributed by atoms with van der Waals surface area (Å²) in [5.41, 5.74) is 4.99. The zero-order valence-corrected chi connectivity index (χ0v) is 19.1. The van der Waals surface area contributed by atoms with Gasteiger partial charge in [-0.1, -0.05) is 36.2 Å². The minimum atomic E-state index is -0.902. The van der Waals surface area contributed by atoms with Crippen molar-refractivity contribution in [2.24, 2.45) is 5.41 Å². The Bertz CT molecular complexity index is 1010. The number of carboxylic acid groups (broad SMARTS) is 1. The topological polar surface area (TPSA) is 60.9 Å². The number of halogens is 1. The molecule has 1 N–H and O–H groups in total. The second-order valence-corrected chi connectivity index (χ2v) is 9.59. The number of benzene rings is 2. The number of carboxylic acids is 1. The van der Waals surface area contributed by atoms with Gasteiger partial charge in [0, 0.05) is 48.8 Å². The van der Waals surface area contributed by atoms with Crippen LogP contribution < -0.4 is 4.90 Å². The normalized spacial score (nSPS) is 22.1. The molecule has 1 unspecified atom stereocenters. The zero-order chi connectivity index (χ0) is 22.7. The van der Waals surface area contributed by atoms with E-state index in [-0.39, 0.29) is 5.41 Å². The van der Waals surface area contributed by atoms with Crippen LogP contribution in [0.4, 0.5) is 5.69 Å². The molecule has 1 aliphatic carbocycles. The number of nitrogens with zero attached hydrogens (tertiary/aromatic N) is 2. The Morgan fingerprint density at radius 3 is 2.31 bits per heavy atom. The zero-order valence-electron chi connectivity index (χ0n) is 18.4. The Morgan fingerprint density at radius 1 is 1.06 bits per heavy atom. The minimum absolute atomic E-state index is 0.293. The van der Waals surface area contributed by atoms with E-state index in [1.807, 2.05) is 24.3 Å². The molecule has 2 aliphatic rings. The predicted molar refractivity (Wildman–Crippen MR) is 128 cm³/mol. The molecular formula is C26H29ClN2O3. The number of rotatable bonds is 6. The van der Waals surface area contributed by atoms with Crippen LogP contribution in [0.15, 0.2) is 54.1 Å². The van der Waals surface area contributed by atoms with Crippen molar-refractivity contribution in [3.63, 3.8) is 0 Å². The van der Waals surface area contributed by atoms with Gasteiger partial charge in [-0.05, 0) is 66.8 Å². The maximum Gasteiger partial charge on any atom is 0.335 e.